The zero-order valence-corrected chi connectivity index (χ0v) is 18.0. The molecule has 0 spiro atoms. The van der Waals surface area contributed by atoms with Crippen molar-refractivity contribution in [3.8, 4) is 11.1 Å². The molecule has 0 aromatic heterocycles. The van der Waals surface area contributed by atoms with Crippen LogP contribution in [0.4, 0.5) is 4.39 Å². The molecular weight excluding hydrogens is 421 g/mol. The molecule has 1 aliphatic carbocycles. The summed E-state index contributed by atoms with van der Waals surface area (Å²) in [5, 5.41) is 5.35. The van der Waals surface area contributed by atoms with Gasteiger partial charge in [0.1, 0.15) is 17.9 Å². The van der Waals surface area contributed by atoms with Gasteiger partial charge in [-0.1, -0.05) is 60.7 Å². The van der Waals surface area contributed by atoms with Crippen LogP contribution < -0.4 is 16.4 Å². The summed E-state index contributed by atoms with van der Waals surface area (Å²) in [7, 11) is 0. The number of rotatable bonds is 7. The van der Waals surface area contributed by atoms with E-state index in [0.29, 0.717) is 5.56 Å². The summed E-state index contributed by atoms with van der Waals surface area (Å²) in [5.74, 6) is -2.58. The Balaban J connectivity index is 1.65. The maximum Gasteiger partial charge on any atom is 0.243 e. The minimum Gasteiger partial charge on any atom is -0.368 e. The van der Waals surface area contributed by atoms with Gasteiger partial charge in [-0.25, -0.2) is 4.39 Å². The molecule has 0 radical (unpaired) electrons. The second-order valence-corrected chi connectivity index (χ2v) is 8.13. The molecular formula is C26H24FN3O3. The molecule has 4 rings (SSSR count). The van der Waals surface area contributed by atoms with E-state index in [-0.39, 0.29) is 6.42 Å². The van der Waals surface area contributed by atoms with Crippen LogP contribution in [0.3, 0.4) is 0 Å². The van der Waals surface area contributed by atoms with Crippen LogP contribution in [0.15, 0.2) is 72.8 Å². The molecule has 0 bridgehead atoms. The number of nitrogens with one attached hydrogen (secondary N) is 2. The Hall–Kier alpha value is -4.00. The minimum absolute atomic E-state index is 0.0620. The summed E-state index contributed by atoms with van der Waals surface area (Å²) in [6.45, 7) is 1.29. The second-order valence-electron chi connectivity index (χ2n) is 8.13. The fraction of sp³-hybridized carbons (Fsp3) is 0.192. The van der Waals surface area contributed by atoms with Gasteiger partial charge in [0.05, 0.1) is 0 Å². The Bertz CT molecular complexity index is 1180. The largest absolute Gasteiger partial charge is 0.368 e. The smallest absolute Gasteiger partial charge is 0.243 e. The highest BCUT2D eigenvalue weighted by molar-refractivity contribution is 5.94. The summed E-state index contributed by atoms with van der Waals surface area (Å²) >= 11 is 0. The van der Waals surface area contributed by atoms with Crippen molar-refractivity contribution in [2.45, 2.75) is 31.3 Å². The lowest BCUT2D eigenvalue weighted by Gasteiger charge is -2.26. The van der Waals surface area contributed by atoms with Gasteiger partial charge >= 0.3 is 0 Å². The monoisotopic (exact) mass is 445 g/mol. The number of nitrogens with two attached hydrogens (primary N) is 1. The predicted octanol–water partition coefficient (Wildman–Crippen LogP) is 2.66. The first-order valence-corrected chi connectivity index (χ1v) is 10.6. The lowest BCUT2D eigenvalue weighted by atomic mass is 9.88. The van der Waals surface area contributed by atoms with E-state index in [9.17, 15) is 18.8 Å². The molecule has 168 valence electrons. The molecule has 0 heterocycles. The predicted molar refractivity (Wildman–Crippen MR) is 123 cm³/mol. The minimum atomic E-state index is -1.04. The standard InChI is InChI=1S/C26H24FN3O3/c1-15(31)29-22(14-16-7-6-8-17(27)13-16)26(33)30-24(25(28)32)23-20-11-4-2-9-18(20)19-10-3-5-12-21(19)23/h2-13,22-24H,14H2,1H3,(H2,28,32)(H,29,31)(H,30,33)/t22-,24-/m1/s1. The first-order chi connectivity index (χ1) is 15.8. The third-order valence-electron chi connectivity index (χ3n) is 5.84. The van der Waals surface area contributed by atoms with E-state index in [0.717, 1.165) is 22.3 Å². The Morgan fingerprint density at radius 3 is 2.06 bits per heavy atom. The summed E-state index contributed by atoms with van der Waals surface area (Å²) in [6, 6.07) is 19.1. The number of benzene rings is 3. The summed E-state index contributed by atoms with van der Waals surface area (Å²) in [4.78, 5) is 37.6. The molecule has 3 aromatic rings. The molecule has 33 heavy (non-hydrogen) atoms. The molecule has 0 saturated heterocycles. The number of halogens is 1. The average molecular weight is 445 g/mol. The van der Waals surface area contributed by atoms with Crippen molar-refractivity contribution in [3.63, 3.8) is 0 Å². The Morgan fingerprint density at radius 1 is 0.909 bits per heavy atom. The fourth-order valence-electron chi connectivity index (χ4n) is 4.48. The van der Waals surface area contributed by atoms with Crippen molar-refractivity contribution in [1.82, 2.24) is 10.6 Å². The third kappa shape index (κ3) is 4.62. The van der Waals surface area contributed by atoms with Gasteiger partial charge in [0, 0.05) is 19.3 Å². The maximum absolute atomic E-state index is 13.6. The van der Waals surface area contributed by atoms with Crippen molar-refractivity contribution >= 4 is 17.7 Å². The molecule has 0 aliphatic heterocycles. The highest BCUT2D eigenvalue weighted by Crippen LogP contribution is 2.46. The molecule has 7 heteroatoms. The van der Waals surface area contributed by atoms with Crippen LogP contribution in [0.2, 0.25) is 0 Å². The zero-order chi connectivity index (χ0) is 23.5. The molecule has 0 saturated carbocycles. The van der Waals surface area contributed by atoms with E-state index < -0.39 is 41.5 Å². The number of fused-ring (bicyclic) bond motifs is 3. The quantitative estimate of drug-likeness (QED) is 0.521. The van der Waals surface area contributed by atoms with Crippen LogP contribution in [-0.2, 0) is 20.8 Å². The molecule has 4 N–H and O–H groups in total. The summed E-state index contributed by atoms with van der Waals surface area (Å²) in [5.41, 5.74) is 10.1. The molecule has 0 unspecified atom stereocenters. The normalized spacial score (nSPS) is 14.0. The fourth-order valence-corrected chi connectivity index (χ4v) is 4.48. The molecule has 1 aliphatic rings. The Labute approximate surface area is 191 Å². The van der Waals surface area contributed by atoms with Crippen LogP contribution in [-0.4, -0.2) is 29.8 Å². The van der Waals surface area contributed by atoms with E-state index in [2.05, 4.69) is 10.6 Å². The molecule has 0 fully saturated rings. The van der Waals surface area contributed by atoms with Crippen LogP contribution in [0.5, 0.6) is 0 Å². The molecule has 6 nitrogen and oxygen atoms in total. The number of amides is 3. The van der Waals surface area contributed by atoms with Gasteiger partial charge in [0.2, 0.25) is 17.7 Å². The summed E-state index contributed by atoms with van der Waals surface area (Å²) in [6.07, 6.45) is 0.0620. The summed E-state index contributed by atoms with van der Waals surface area (Å²) < 4.78 is 13.6. The number of hydrogen-bond donors (Lipinski definition) is 3. The van der Waals surface area contributed by atoms with Gasteiger partial charge in [0.25, 0.3) is 0 Å². The van der Waals surface area contributed by atoms with Gasteiger partial charge in [-0.3, -0.25) is 14.4 Å². The first-order valence-electron chi connectivity index (χ1n) is 10.6. The average Bonchev–Trinajstić information content (AvgIpc) is 3.11. The van der Waals surface area contributed by atoms with Crippen molar-refractivity contribution in [2.24, 2.45) is 5.73 Å². The van der Waals surface area contributed by atoms with Crippen molar-refractivity contribution in [2.75, 3.05) is 0 Å². The highest BCUT2D eigenvalue weighted by Gasteiger charge is 2.38. The lowest BCUT2D eigenvalue weighted by Crippen LogP contribution is -2.55. The van der Waals surface area contributed by atoms with Crippen molar-refractivity contribution < 1.29 is 18.8 Å². The highest BCUT2D eigenvalue weighted by atomic mass is 19.1. The van der Waals surface area contributed by atoms with Crippen LogP contribution in [0, 0.1) is 5.82 Å². The Kier molecular flexibility index (Phi) is 6.22. The van der Waals surface area contributed by atoms with Gasteiger partial charge in [-0.05, 0) is 39.9 Å². The number of carbonyl (C=O) groups is 3. The number of hydrogen-bond acceptors (Lipinski definition) is 3. The van der Waals surface area contributed by atoms with Crippen LogP contribution in [0.1, 0.15) is 29.5 Å². The van der Waals surface area contributed by atoms with Crippen molar-refractivity contribution in [1.29, 1.82) is 0 Å². The maximum atomic E-state index is 13.6. The third-order valence-corrected chi connectivity index (χ3v) is 5.84. The molecule has 3 amide bonds. The molecule has 3 aromatic carbocycles. The number of carbonyl (C=O) groups excluding carboxylic acids is 3. The van der Waals surface area contributed by atoms with E-state index >= 15 is 0 Å². The van der Waals surface area contributed by atoms with Gasteiger partial charge < -0.3 is 16.4 Å². The zero-order valence-electron chi connectivity index (χ0n) is 18.0. The topological polar surface area (TPSA) is 101 Å². The van der Waals surface area contributed by atoms with E-state index in [1.807, 2.05) is 48.5 Å². The van der Waals surface area contributed by atoms with E-state index in [1.54, 1.807) is 6.07 Å². The van der Waals surface area contributed by atoms with E-state index in [4.69, 9.17) is 5.73 Å². The second kappa shape index (κ2) is 9.24. The molecule has 2 atom stereocenters. The van der Waals surface area contributed by atoms with Crippen LogP contribution >= 0.6 is 0 Å². The van der Waals surface area contributed by atoms with Crippen LogP contribution in [0.25, 0.3) is 11.1 Å². The first kappa shape index (κ1) is 22.2. The van der Waals surface area contributed by atoms with Gasteiger partial charge in [0.15, 0.2) is 0 Å². The van der Waals surface area contributed by atoms with Gasteiger partial charge in [-0.2, -0.15) is 0 Å². The lowest BCUT2D eigenvalue weighted by molar-refractivity contribution is -0.131. The SMILES string of the molecule is CC(=O)N[C@H](Cc1cccc(F)c1)C(=O)N[C@@H](C(N)=O)C1c2ccccc2-c2ccccc21. The van der Waals surface area contributed by atoms with Gasteiger partial charge in [-0.15, -0.1) is 0 Å². The van der Waals surface area contributed by atoms with E-state index in [1.165, 1.54) is 25.1 Å². The Morgan fingerprint density at radius 2 is 1.52 bits per heavy atom. The number of primary amides is 1. The van der Waals surface area contributed by atoms with Crippen molar-refractivity contribution in [3.05, 3.63) is 95.3 Å².